The number of alkyl halides is 1. The molecule has 18 heavy (non-hydrogen) atoms. The zero-order valence-corrected chi connectivity index (χ0v) is 11.8. The predicted octanol–water partition coefficient (Wildman–Crippen LogP) is 1.78. The van der Waals surface area contributed by atoms with E-state index in [-0.39, 0.29) is 11.6 Å². The lowest BCUT2D eigenvalue weighted by molar-refractivity contribution is 0.578. The van der Waals surface area contributed by atoms with Gasteiger partial charge in [0, 0.05) is 11.9 Å². The van der Waals surface area contributed by atoms with Crippen molar-refractivity contribution in [3.63, 3.8) is 0 Å². The van der Waals surface area contributed by atoms with Gasteiger partial charge < -0.3 is 4.98 Å². The van der Waals surface area contributed by atoms with E-state index in [1.807, 2.05) is 24.3 Å². The molecule has 1 aromatic carbocycles. The summed E-state index contributed by atoms with van der Waals surface area (Å²) in [6.45, 7) is 0.254. The van der Waals surface area contributed by atoms with Gasteiger partial charge in [-0.1, -0.05) is 40.2 Å². The zero-order chi connectivity index (χ0) is 13.0. The fourth-order valence-electron chi connectivity index (χ4n) is 1.39. The highest BCUT2D eigenvalue weighted by atomic mass is 79.9. The molecule has 0 amide bonds. The van der Waals surface area contributed by atoms with Crippen molar-refractivity contribution in [3.05, 3.63) is 47.9 Å². The molecule has 5 nitrogen and oxygen atoms in total. The maximum atomic E-state index is 11.8. The summed E-state index contributed by atoms with van der Waals surface area (Å²) in [6, 6.07) is 7.70. The Kier molecular flexibility index (Phi) is 4.15. The molecule has 0 radical (unpaired) electrons. The topological polar surface area (TPSA) is 74.8 Å². The van der Waals surface area contributed by atoms with E-state index in [1.165, 1.54) is 12.5 Å². The summed E-state index contributed by atoms with van der Waals surface area (Å²) in [7, 11) is -3.51. The second kappa shape index (κ2) is 5.64. The Hall–Kier alpha value is -1.18. The molecule has 0 aliphatic rings. The highest BCUT2D eigenvalue weighted by Crippen LogP contribution is 2.09. The Morgan fingerprint density at radius 3 is 2.44 bits per heavy atom. The molecule has 0 aliphatic carbocycles. The number of benzene rings is 1. The second-order valence-electron chi connectivity index (χ2n) is 3.69. The molecule has 0 unspecified atom stereocenters. The second-order valence-corrected chi connectivity index (χ2v) is 5.99. The van der Waals surface area contributed by atoms with Gasteiger partial charge in [-0.05, 0) is 11.1 Å². The Balaban J connectivity index is 2.03. The third-order valence-electron chi connectivity index (χ3n) is 2.41. The maximum Gasteiger partial charge on any atom is 0.257 e. The van der Waals surface area contributed by atoms with E-state index in [0.717, 1.165) is 16.5 Å². The molecule has 0 spiro atoms. The first-order chi connectivity index (χ1) is 8.62. The lowest BCUT2D eigenvalue weighted by atomic mass is 10.2. The molecule has 2 aromatic rings. The number of imidazole rings is 1. The fraction of sp³-hybridized carbons (Fsp3) is 0.182. The van der Waals surface area contributed by atoms with E-state index in [4.69, 9.17) is 0 Å². The van der Waals surface area contributed by atoms with Crippen molar-refractivity contribution in [1.82, 2.24) is 14.7 Å². The van der Waals surface area contributed by atoms with Crippen LogP contribution in [0.2, 0.25) is 0 Å². The minimum atomic E-state index is -3.51. The molecule has 2 rings (SSSR count). The summed E-state index contributed by atoms with van der Waals surface area (Å²) in [5.74, 6) is 0. The first kappa shape index (κ1) is 13.3. The SMILES string of the molecule is O=S(=O)(NCc1ccc(CBr)cc1)c1cnc[nH]1. The van der Waals surface area contributed by atoms with Crippen molar-refractivity contribution in [2.24, 2.45) is 0 Å². The number of H-pyrrole nitrogens is 1. The van der Waals surface area contributed by atoms with Gasteiger partial charge in [0.05, 0.1) is 12.5 Å². The summed E-state index contributed by atoms with van der Waals surface area (Å²) in [5.41, 5.74) is 2.05. The molecule has 0 aliphatic heterocycles. The average Bonchev–Trinajstić information content (AvgIpc) is 2.92. The molecule has 0 bridgehead atoms. The van der Waals surface area contributed by atoms with Crippen LogP contribution in [0.1, 0.15) is 11.1 Å². The Labute approximate surface area is 114 Å². The summed E-state index contributed by atoms with van der Waals surface area (Å²) >= 11 is 3.36. The smallest absolute Gasteiger partial charge is 0.257 e. The van der Waals surface area contributed by atoms with Gasteiger partial charge >= 0.3 is 0 Å². The molecular weight excluding hydrogens is 318 g/mol. The van der Waals surface area contributed by atoms with E-state index in [1.54, 1.807) is 0 Å². The van der Waals surface area contributed by atoms with Crippen LogP contribution in [0, 0.1) is 0 Å². The van der Waals surface area contributed by atoms with E-state index in [0.29, 0.717) is 0 Å². The Morgan fingerprint density at radius 1 is 1.22 bits per heavy atom. The van der Waals surface area contributed by atoms with Crippen molar-refractivity contribution in [2.75, 3.05) is 0 Å². The molecule has 0 saturated carbocycles. The Morgan fingerprint density at radius 2 is 1.89 bits per heavy atom. The van der Waals surface area contributed by atoms with Gasteiger partial charge in [-0.15, -0.1) is 0 Å². The normalized spacial score (nSPS) is 11.6. The Bertz CT molecular complexity index is 594. The van der Waals surface area contributed by atoms with E-state index in [9.17, 15) is 8.42 Å². The van der Waals surface area contributed by atoms with Gasteiger partial charge in [-0.2, -0.15) is 0 Å². The molecule has 2 N–H and O–H groups in total. The van der Waals surface area contributed by atoms with Gasteiger partial charge in [0.2, 0.25) is 0 Å². The van der Waals surface area contributed by atoms with Crippen LogP contribution in [0.25, 0.3) is 0 Å². The van der Waals surface area contributed by atoms with Crippen molar-refractivity contribution < 1.29 is 8.42 Å². The van der Waals surface area contributed by atoms with Crippen LogP contribution in [-0.4, -0.2) is 18.4 Å². The highest BCUT2D eigenvalue weighted by molar-refractivity contribution is 9.08. The largest absolute Gasteiger partial charge is 0.335 e. The average molecular weight is 330 g/mol. The molecule has 7 heteroatoms. The van der Waals surface area contributed by atoms with Gasteiger partial charge in [0.15, 0.2) is 5.03 Å². The van der Waals surface area contributed by atoms with Gasteiger partial charge in [0.25, 0.3) is 10.0 Å². The van der Waals surface area contributed by atoms with Crippen LogP contribution in [-0.2, 0) is 21.9 Å². The number of nitrogens with one attached hydrogen (secondary N) is 2. The molecular formula is C11H12BrN3O2S. The van der Waals surface area contributed by atoms with E-state index < -0.39 is 10.0 Å². The molecule has 1 heterocycles. The first-order valence-corrected chi connectivity index (χ1v) is 7.84. The van der Waals surface area contributed by atoms with E-state index in [2.05, 4.69) is 30.6 Å². The standard InChI is InChI=1S/C11H12BrN3O2S/c12-5-9-1-3-10(4-2-9)6-15-18(16,17)11-7-13-8-14-11/h1-4,7-8,15H,5-6H2,(H,13,14). The van der Waals surface area contributed by atoms with Crippen LogP contribution in [0.5, 0.6) is 0 Å². The number of halogens is 1. The number of sulfonamides is 1. The maximum absolute atomic E-state index is 11.8. The highest BCUT2D eigenvalue weighted by Gasteiger charge is 2.14. The summed E-state index contributed by atoms with van der Waals surface area (Å²) in [6.07, 6.45) is 2.61. The minimum absolute atomic E-state index is 0.0691. The van der Waals surface area contributed by atoms with Gasteiger partial charge in [0.1, 0.15) is 0 Å². The zero-order valence-electron chi connectivity index (χ0n) is 9.43. The molecule has 0 atom stereocenters. The number of hydrogen-bond acceptors (Lipinski definition) is 3. The quantitative estimate of drug-likeness (QED) is 0.821. The van der Waals surface area contributed by atoms with Crippen molar-refractivity contribution >= 4 is 26.0 Å². The van der Waals surface area contributed by atoms with E-state index >= 15 is 0 Å². The molecule has 0 saturated heterocycles. The van der Waals surface area contributed by atoms with Crippen molar-refractivity contribution in [1.29, 1.82) is 0 Å². The number of aromatic amines is 1. The first-order valence-electron chi connectivity index (χ1n) is 5.23. The van der Waals surface area contributed by atoms with Crippen molar-refractivity contribution in [3.8, 4) is 0 Å². The number of nitrogens with zero attached hydrogens (tertiary/aromatic N) is 1. The predicted molar refractivity (Wildman–Crippen MR) is 71.7 cm³/mol. The van der Waals surface area contributed by atoms with Crippen LogP contribution in [0.4, 0.5) is 0 Å². The molecule has 0 fully saturated rings. The number of aromatic nitrogens is 2. The van der Waals surface area contributed by atoms with Crippen LogP contribution >= 0.6 is 15.9 Å². The minimum Gasteiger partial charge on any atom is -0.335 e. The lowest BCUT2D eigenvalue weighted by Gasteiger charge is -2.05. The monoisotopic (exact) mass is 329 g/mol. The van der Waals surface area contributed by atoms with Crippen LogP contribution in [0.15, 0.2) is 41.8 Å². The van der Waals surface area contributed by atoms with Crippen molar-refractivity contribution in [2.45, 2.75) is 16.9 Å². The third-order valence-corrected chi connectivity index (χ3v) is 4.38. The summed E-state index contributed by atoms with van der Waals surface area (Å²) in [5, 5.41) is 0.854. The molecule has 96 valence electrons. The van der Waals surface area contributed by atoms with Gasteiger partial charge in [-0.3, -0.25) is 0 Å². The van der Waals surface area contributed by atoms with Crippen LogP contribution in [0.3, 0.4) is 0 Å². The number of rotatable bonds is 5. The fourth-order valence-corrected chi connectivity index (χ4v) is 2.69. The molecule has 1 aromatic heterocycles. The lowest BCUT2D eigenvalue weighted by Crippen LogP contribution is -2.23. The van der Waals surface area contributed by atoms with Gasteiger partial charge in [-0.25, -0.2) is 18.1 Å². The third kappa shape index (κ3) is 3.18. The summed E-state index contributed by atoms with van der Waals surface area (Å²) in [4.78, 5) is 6.25. The summed E-state index contributed by atoms with van der Waals surface area (Å²) < 4.78 is 26.1. The van der Waals surface area contributed by atoms with Crippen LogP contribution < -0.4 is 4.72 Å². The number of hydrogen-bond donors (Lipinski definition) is 2.